The van der Waals surface area contributed by atoms with Crippen LogP contribution in [0.3, 0.4) is 0 Å². The van der Waals surface area contributed by atoms with Crippen molar-refractivity contribution in [2.45, 2.75) is 26.9 Å². The number of hydrogen-bond donors (Lipinski definition) is 1. The van der Waals surface area contributed by atoms with Crippen molar-refractivity contribution >= 4 is 33.7 Å². The molecule has 31 heavy (non-hydrogen) atoms. The molecule has 1 N–H and O–H groups in total. The lowest BCUT2D eigenvalue weighted by atomic mass is 10.2. The van der Waals surface area contributed by atoms with E-state index < -0.39 is 5.69 Å². The summed E-state index contributed by atoms with van der Waals surface area (Å²) in [4.78, 5) is 43.4. The predicted molar refractivity (Wildman–Crippen MR) is 121 cm³/mol. The minimum absolute atomic E-state index is 0.0980. The fourth-order valence-electron chi connectivity index (χ4n) is 3.31. The third-order valence-corrected chi connectivity index (χ3v) is 6.31. The van der Waals surface area contributed by atoms with E-state index in [2.05, 4.69) is 10.3 Å². The maximum Gasteiger partial charge on any atom is 0.336 e. The van der Waals surface area contributed by atoms with Crippen molar-refractivity contribution in [3.63, 3.8) is 0 Å². The third kappa shape index (κ3) is 4.30. The highest BCUT2D eigenvalue weighted by Crippen LogP contribution is 2.19. The van der Waals surface area contributed by atoms with Crippen molar-refractivity contribution in [1.29, 1.82) is 0 Å². The van der Waals surface area contributed by atoms with Crippen molar-refractivity contribution < 1.29 is 4.79 Å². The van der Waals surface area contributed by atoms with E-state index in [1.807, 2.05) is 19.1 Å². The zero-order valence-corrected chi connectivity index (χ0v) is 18.5. The van der Waals surface area contributed by atoms with Crippen molar-refractivity contribution in [1.82, 2.24) is 19.3 Å². The summed E-state index contributed by atoms with van der Waals surface area (Å²) in [6.07, 6.45) is 3.17. The van der Waals surface area contributed by atoms with Crippen LogP contribution in [0.5, 0.6) is 0 Å². The van der Waals surface area contributed by atoms with Gasteiger partial charge in [-0.3, -0.25) is 23.5 Å². The number of nitrogens with one attached hydrogen (secondary N) is 1. The molecule has 0 aliphatic rings. The summed E-state index contributed by atoms with van der Waals surface area (Å²) in [5.74, 6) is -0.309. The van der Waals surface area contributed by atoms with Crippen LogP contribution >= 0.6 is 22.9 Å². The normalized spacial score (nSPS) is 11.1. The molecule has 1 aromatic carbocycles. The minimum atomic E-state index is -0.495. The summed E-state index contributed by atoms with van der Waals surface area (Å²) in [6.45, 7) is 3.97. The molecule has 0 radical (unpaired) electrons. The van der Waals surface area contributed by atoms with Crippen LogP contribution in [0.25, 0.3) is 4.83 Å². The monoisotopic (exact) mass is 454 g/mol. The number of hydrogen-bond acceptors (Lipinski definition) is 5. The Morgan fingerprint density at radius 1 is 1.16 bits per heavy atom. The van der Waals surface area contributed by atoms with Crippen molar-refractivity contribution in [3.05, 3.63) is 102 Å². The molecule has 0 aliphatic carbocycles. The molecular formula is C22H19ClN4O3S. The first-order valence-corrected chi connectivity index (χ1v) is 10.7. The fourth-order valence-corrected chi connectivity index (χ4v) is 4.53. The second-order valence-electron chi connectivity index (χ2n) is 7.19. The zero-order chi connectivity index (χ0) is 22.1. The molecule has 0 atom stereocenters. The summed E-state index contributed by atoms with van der Waals surface area (Å²) < 4.78 is 2.51. The molecule has 9 heteroatoms. The molecular weight excluding hydrogens is 436 g/mol. The highest BCUT2D eigenvalue weighted by Gasteiger charge is 2.17. The maximum atomic E-state index is 13.0. The van der Waals surface area contributed by atoms with Gasteiger partial charge in [0.15, 0.2) is 0 Å². The lowest BCUT2D eigenvalue weighted by Crippen LogP contribution is -2.38. The van der Waals surface area contributed by atoms with E-state index in [9.17, 15) is 14.4 Å². The number of thiazole rings is 1. The number of aromatic nitrogens is 3. The van der Waals surface area contributed by atoms with Gasteiger partial charge in [-0.1, -0.05) is 23.7 Å². The number of rotatable bonds is 5. The van der Waals surface area contributed by atoms with Crippen molar-refractivity contribution in [2.75, 3.05) is 0 Å². The van der Waals surface area contributed by atoms with E-state index in [4.69, 9.17) is 11.6 Å². The minimum Gasteiger partial charge on any atom is -0.347 e. The molecule has 0 saturated heterocycles. The van der Waals surface area contributed by atoms with Gasteiger partial charge >= 0.3 is 5.69 Å². The number of amides is 1. The number of pyridine rings is 1. The van der Waals surface area contributed by atoms with Gasteiger partial charge in [-0.15, -0.1) is 11.3 Å². The topological polar surface area (TPSA) is 85.5 Å². The van der Waals surface area contributed by atoms with E-state index in [0.717, 1.165) is 32.7 Å². The molecule has 0 saturated carbocycles. The second-order valence-corrected chi connectivity index (χ2v) is 8.65. The number of benzene rings is 1. The quantitative estimate of drug-likeness (QED) is 0.502. The number of halogens is 1. The summed E-state index contributed by atoms with van der Waals surface area (Å²) in [5.41, 5.74) is 2.07. The standard InChI is InChI=1S/C22H19ClN4O3S/c1-13-8-15(6-7-24-13)10-25-19(28)18-12-27-21(31-18)14(2)20(29)26(22(27)30)11-16-4-3-5-17(23)9-16/h3-9,12H,10-11H2,1-2H3,(H,25,28). The summed E-state index contributed by atoms with van der Waals surface area (Å²) in [5, 5.41) is 3.38. The highest BCUT2D eigenvalue weighted by atomic mass is 35.5. The summed E-state index contributed by atoms with van der Waals surface area (Å²) >= 11 is 7.14. The van der Waals surface area contributed by atoms with Gasteiger partial charge in [0.1, 0.15) is 9.71 Å². The number of aryl methyl sites for hydroxylation is 2. The Kier molecular flexibility index (Phi) is 5.75. The molecule has 7 nitrogen and oxygen atoms in total. The molecule has 0 aliphatic heterocycles. The van der Waals surface area contributed by atoms with E-state index in [0.29, 0.717) is 26.8 Å². The lowest BCUT2D eigenvalue weighted by Gasteiger charge is -2.08. The van der Waals surface area contributed by atoms with Crippen LogP contribution in [-0.2, 0) is 13.1 Å². The molecule has 3 heterocycles. The van der Waals surface area contributed by atoms with E-state index in [1.54, 1.807) is 37.4 Å². The van der Waals surface area contributed by atoms with Gasteiger partial charge in [0, 0.05) is 35.2 Å². The largest absolute Gasteiger partial charge is 0.347 e. The smallest absolute Gasteiger partial charge is 0.336 e. The molecule has 158 valence electrons. The maximum absolute atomic E-state index is 13.0. The van der Waals surface area contributed by atoms with Crippen molar-refractivity contribution in [2.24, 2.45) is 0 Å². The zero-order valence-electron chi connectivity index (χ0n) is 16.9. The Morgan fingerprint density at radius 3 is 2.71 bits per heavy atom. The van der Waals surface area contributed by atoms with Crippen LogP contribution in [0, 0.1) is 13.8 Å². The average Bonchev–Trinajstić information content (AvgIpc) is 3.20. The van der Waals surface area contributed by atoms with Gasteiger partial charge in [-0.25, -0.2) is 4.79 Å². The van der Waals surface area contributed by atoms with Gasteiger partial charge in [0.2, 0.25) is 0 Å². The third-order valence-electron chi connectivity index (χ3n) is 4.86. The molecule has 4 rings (SSSR count). The van der Waals surface area contributed by atoms with Gasteiger partial charge in [-0.2, -0.15) is 0 Å². The van der Waals surface area contributed by atoms with Crippen LogP contribution in [0.2, 0.25) is 5.02 Å². The van der Waals surface area contributed by atoms with E-state index >= 15 is 0 Å². The second kappa shape index (κ2) is 8.49. The Balaban J connectivity index is 1.66. The number of carbonyl (C=O) groups excluding carboxylic acids is 1. The van der Waals surface area contributed by atoms with Gasteiger partial charge in [-0.05, 0) is 49.2 Å². The van der Waals surface area contributed by atoms with Crippen LogP contribution in [0.15, 0.2) is 58.4 Å². The van der Waals surface area contributed by atoms with E-state index in [-0.39, 0.29) is 18.0 Å². The lowest BCUT2D eigenvalue weighted by molar-refractivity contribution is 0.0954. The number of nitrogens with zero attached hydrogens (tertiary/aromatic N) is 3. The molecule has 1 amide bonds. The van der Waals surface area contributed by atoms with Crippen LogP contribution in [0.1, 0.15) is 32.1 Å². The number of carbonyl (C=O) groups is 1. The first-order chi connectivity index (χ1) is 14.8. The Morgan fingerprint density at radius 2 is 1.97 bits per heavy atom. The van der Waals surface area contributed by atoms with Gasteiger partial charge in [0.25, 0.3) is 11.5 Å². The fraction of sp³-hybridized carbons (Fsp3) is 0.182. The van der Waals surface area contributed by atoms with Gasteiger partial charge < -0.3 is 5.32 Å². The van der Waals surface area contributed by atoms with Crippen LogP contribution in [0.4, 0.5) is 0 Å². The summed E-state index contributed by atoms with van der Waals surface area (Å²) in [7, 11) is 0. The molecule has 0 bridgehead atoms. The summed E-state index contributed by atoms with van der Waals surface area (Å²) in [6, 6.07) is 10.7. The highest BCUT2D eigenvalue weighted by molar-refractivity contribution is 7.19. The first-order valence-electron chi connectivity index (χ1n) is 9.53. The Labute approximate surface area is 186 Å². The first kappa shape index (κ1) is 21.0. The molecule has 0 fully saturated rings. The Bertz CT molecular complexity index is 1420. The van der Waals surface area contributed by atoms with Gasteiger partial charge in [0.05, 0.1) is 6.54 Å². The molecule has 3 aromatic heterocycles. The molecule has 0 spiro atoms. The van der Waals surface area contributed by atoms with Crippen LogP contribution < -0.4 is 16.6 Å². The average molecular weight is 455 g/mol. The Hall–Kier alpha value is -3.23. The van der Waals surface area contributed by atoms with Crippen molar-refractivity contribution in [3.8, 4) is 0 Å². The predicted octanol–water partition coefficient (Wildman–Crippen LogP) is 3.17. The molecule has 0 unspecified atom stereocenters. The van der Waals surface area contributed by atoms with E-state index in [1.165, 1.54) is 10.6 Å². The molecule has 4 aromatic rings. The van der Waals surface area contributed by atoms with Crippen LogP contribution in [-0.4, -0.2) is 19.9 Å². The number of fused-ring (bicyclic) bond motifs is 1. The SMILES string of the molecule is Cc1cc(CNC(=O)c2cn3c(=O)n(Cc4cccc(Cl)c4)c(=O)c(C)c3s2)ccn1.